The lowest BCUT2D eigenvalue weighted by Crippen LogP contribution is -2.19. The molecule has 0 aliphatic carbocycles. The summed E-state index contributed by atoms with van der Waals surface area (Å²) in [6.45, 7) is 8.75. The van der Waals surface area contributed by atoms with Crippen LogP contribution in [-0.4, -0.2) is 52.4 Å². The zero-order valence-electron chi connectivity index (χ0n) is 24.2. The molecule has 0 aliphatic heterocycles. The number of esters is 2. The number of halogens is 5. The van der Waals surface area contributed by atoms with Gasteiger partial charge in [0.2, 0.25) is 5.78 Å². The van der Waals surface area contributed by atoms with Gasteiger partial charge < -0.3 is 14.9 Å². The third-order valence-electron chi connectivity index (χ3n) is 4.54. The Morgan fingerprint density at radius 1 is 0.867 bits per heavy atom. The Kier molecular flexibility index (Phi) is 26.2. The van der Waals surface area contributed by atoms with Crippen LogP contribution in [0.1, 0.15) is 65.2 Å². The summed E-state index contributed by atoms with van der Waals surface area (Å²) in [6, 6.07) is 12.0. The van der Waals surface area contributed by atoms with Crippen molar-refractivity contribution in [2.45, 2.75) is 55.9 Å². The Morgan fingerprint density at radius 2 is 1.31 bits per heavy atom. The van der Waals surface area contributed by atoms with Crippen molar-refractivity contribution in [3.05, 3.63) is 73.9 Å². The molecule has 0 fully saturated rings. The van der Waals surface area contributed by atoms with Crippen molar-refractivity contribution in [1.82, 2.24) is 9.78 Å². The van der Waals surface area contributed by atoms with Gasteiger partial charge >= 0.3 is 11.9 Å². The number of carbonyl (C=O) groups is 4. The molecule has 0 saturated carbocycles. The molecular weight excluding hydrogens is 690 g/mol. The Morgan fingerprint density at radius 3 is 1.69 bits per heavy atom. The molecule has 0 saturated heterocycles. The van der Waals surface area contributed by atoms with Crippen molar-refractivity contribution in [3.63, 3.8) is 0 Å². The van der Waals surface area contributed by atoms with E-state index in [2.05, 4.69) is 15.3 Å². The highest BCUT2D eigenvalue weighted by Crippen LogP contribution is 2.29. The molecule has 10 nitrogen and oxygen atoms in total. The van der Waals surface area contributed by atoms with Crippen molar-refractivity contribution in [2.24, 2.45) is 5.84 Å². The van der Waals surface area contributed by atoms with E-state index in [1.807, 2.05) is 13.8 Å². The number of alkyl halides is 1. The smallest absolute Gasteiger partial charge is 0.375 e. The fourth-order valence-electron chi connectivity index (χ4n) is 2.84. The molecule has 1 aromatic heterocycles. The molecule has 3 aromatic rings. The molecule has 0 amide bonds. The molecule has 0 atom stereocenters. The highest BCUT2D eigenvalue weighted by Gasteiger charge is 2.17. The maximum Gasteiger partial charge on any atom is 0.375 e. The zero-order valence-corrected chi connectivity index (χ0v) is 28.0. The van der Waals surface area contributed by atoms with Crippen LogP contribution in [0.2, 0.25) is 20.1 Å². The number of hydrogen-bond donors (Lipinski definition) is 2. The van der Waals surface area contributed by atoms with Crippen LogP contribution >= 0.6 is 58.0 Å². The average molecular weight is 731 g/mol. The first-order chi connectivity index (χ1) is 20.3. The van der Waals surface area contributed by atoms with E-state index < -0.39 is 17.7 Å². The number of benzene rings is 2. The summed E-state index contributed by atoms with van der Waals surface area (Å²) in [5.74, 6) is 3.35. The van der Waals surface area contributed by atoms with Crippen LogP contribution in [0.5, 0.6) is 0 Å². The molecule has 252 valence electrons. The lowest BCUT2D eigenvalue weighted by molar-refractivity contribution is -0.154. The number of nitrogen functional groups attached to an aromatic ring is 1. The van der Waals surface area contributed by atoms with E-state index in [4.69, 9.17) is 68.6 Å². The minimum atomic E-state index is -0.928. The number of aromatic nitrogens is 2. The predicted octanol–water partition coefficient (Wildman–Crippen LogP) is 8.56. The third-order valence-corrected chi connectivity index (χ3v) is 5.78. The van der Waals surface area contributed by atoms with E-state index in [9.17, 15) is 19.2 Å². The molecule has 3 N–H and O–H groups in total. The fourth-order valence-corrected chi connectivity index (χ4v) is 3.91. The number of ether oxygens (including phenoxy) is 2. The molecule has 0 unspecified atom stereocenters. The number of nitrogens with zero attached hydrogens (tertiary/aromatic N) is 2. The first-order valence-electron chi connectivity index (χ1n) is 12.6. The number of hydrogen-bond acceptors (Lipinski definition) is 9. The second-order valence-corrected chi connectivity index (χ2v) is 10.1. The van der Waals surface area contributed by atoms with Gasteiger partial charge in [0.1, 0.15) is 11.5 Å². The van der Waals surface area contributed by atoms with Gasteiger partial charge in [-0.3, -0.25) is 15.4 Å². The highest BCUT2D eigenvalue weighted by atomic mass is 35.5. The number of ketones is 2. The van der Waals surface area contributed by atoms with Crippen LogP contribution < -0.4 is 11.3 Å². The van der Waals surface area contributed by atoms with Gasteiger partial charge in [-0.15, -0.1) is 11.6 Å². The maximum atomic E-state index is 11.6. The van der Waals surface area contributed by atoms with Crippen LogP contribution in [0.25, 0.3) is 5.69 Å². The number of carbonyl (C=O) groups excluding carboxylic acids is 4. The molecule has 0 aliphatic rings. The van der Waals surface area contributed by atoms with Gasteiger partial charge in [-0.05, 0) is 58.0 Å². The summed E-state index contributed by atoms with van der Waals surface area (Å²) in [5, 5.41) is 6.17. The Bertz CT molecular complexity index is 1330. The van der Waals surface area contributed by atoms with Gasteiger partial charge in [-0.1, -0.05) is 80.3 Å². The van der Waals surface area contributed by atoms with Gasteiger partial charge in [0, 0.05) is 11.6 Å². The van der Waals surface area contributed by atoms with Crippen molar-refractivity contribution < 1.29 is 28.7 Å². The molecule has 1 heterocycles. The largest absolute Gasteiger partial charge is 0.461 e. The van der Waals surface area contributed by atoms with Crippen molar-refractivity contribution in [2.75, 3.05) is 24.5 Å². The van der Waals surface area contributed by atoms with E-state index >= 15 is 0 Å². The SMILES string of the molecule is C.C.CCCl.CCOC(=O)C(=O)CC(C)=O.CCOC(=O)c1cc(C)n(-c2c(Cl)cccc2Cl)n1.NNc1c(Cl)cccc1Cl. The number of nitrogens with one attached hydrogen (secondary N) is 1. The van der Waals surface area contributed by atoms with Gasteiger partial charge in [-0.2, -0.15) is 5.10 Å². The van der Waals surface area contributed by atoms with E-state index in [1.54, 1.807) is 56.3 Å². The third kappa shape index (κ3) is 16.9. The molecule has 0 radical (unpaired) electrons. The summed E-state index contributed by atoms with van der Waals surface area (Å²) in [7, 11) is 0. The maximum absolute atomic E-state index is 11.6. The minimum absolute atomic E-state index is 0. The molecule has 3 rings (SSSR count). The molecule has 0 spiro atoms. The monoisotopic (exact) mass is 728 g/mol. The van der Waals surface area contributed by atoms with Crippen LogP contribution in [0.15, 0.2) is 42.5 Å². The lowest BCUT2D eigenvalue weighted by Gasteiger charge is -2.08. The molecule has 15 heteroatoms. The average Bonchev–Trinajstić information content (AvgIpc) is 3.31. The molecule has 2 aromatic carbocycles. The normalized spacial score (nSPS) is 9.13. The number of hydrazine groups is 1. The number of anilines is 1. The predicted molar refractivity (Wildman–Crippen MR) is 185 cm³/mol. The minimum Gasteiger partial charge on any atom is -0.461 e. The second kappa shape index (κ2) is 25.3. The molecule has 0 bridgehead atoms. The van der Waals surface area contributed by atoms with Crippen LogP contribution in [0, 0.1) is 6.92 Å². The second-order valence-electron chi connectivity index (χ2n) is 7.90. The Labute approximate surface area is 290 Å². The van der Waals surface area contributed by atoms with Crippen molar-refractivity contribution in [1.29, 1.82) is 0 Å². The number of nitrogens with two attached hydrogens (primary N) is 1. The fraction of sp³-hybridized carbons (Fsp3) is 0.367. The lowest BCUT2D eigenvalue weighted by atomic mass is 10.2. The summed E-state index contributed by atoms with van der Waals surface area (Å²) < 4.78 is 10.8. The highest BCUT2D eigenvalue weighted by molar-refractivity contribution is 6.39. The van der Waals surface area contributed by atoms with E-state index in [0.717, 1.165) is 11.6 Å². The zero-order chi connectivity index (χ0) is 33.1. The number of rotatable bonds is 8. The van der Waals surface area contributed by atoms with Gasteiger partial charge in [-0.25, -0.2) is 14.3 Å². The van der Waals surface area contributed by atoms with Crippen molar-refractivity contribution in [3.8, 4) is 5.69 Å². The van der Waals surface area contributed by atoms with Gasteiger partial charge in [0.25, 0.3) is 0 Å². The van der Waals surface area contributed by atoms with Crippen LogP contribution in [-0.2, 0) is 23.9 Å². The van der Waals surface area contributed by atoms with Crippen molar-refractivity contribution >= 4 is 87.2 Å². The van der Waals surface area contributed by atoms with Gasteiger partial charge in [0.05, 0.1) is 45.4 Å². The summed E-state index contributed by atoms with van der Waals surface area (Å²) in [4.78, 5) is 43.2. The molecular formula is C30H41Cl5N4O6. The van der Waals surface area contributed by atoms with Crippen LogP contribution in [0.3, 0.4) is 0 Å². The Hall–Kier alpha value is -2.86. The standard InChI is InChI=1S/C13H12Cl2N2O2.C7H10O4.C6H6Cl2N2.C2H5Cl.2CH4/c1-3-19-13(18)11-7-8(2)17(16-11)12-9(14)5-4-6-10(12)15;1-3-11-7(10)6(9)4-5(2)8;7-4-2-1-3-5(8)6(4)10-9;1-2-3;;/h4-7H,3H2,1-2H3;3-4H2,1-2H3;1-3,10H,9H2;2H2,1H3;2*1H4. The number of para-hydroxylation sites is 2. The molecule has 45 heavy (non-hydrogen) atoms. The first-order valence-corrected chi connectivity index (χ1v) is 14.7. The first kappa shape index (κ1) is 46.6. The summed E-state index contributed by atoms with van der Waals surface area (Å²) in [5.41, 5.74) is 4.50. The number of Topliss-reactive ketones (excluding diaryl/α,β-unsaturated/α-hetero) is 2. The van der Waals surface area contributed by atoms with Crippen LogP contribution in [0.4, 0.5) is 5.69 Å². The summed E-state index contributed by atoms with van der Waals surface area (Å²) >= 11 is 28.7. The van der Waals surface area contributed by atoms with E-state index in [0.29, 0.717) is 38.1 Å². The Balaban J connectivity index is -0.000000587. The summed E-state index contributed by atoms with van der Waals surface area (Å²) in [6.07, 6.45) is -0.362. The quantitative estimate of drug-likeness (QED) is 0.0582. The van der Waals surface area contributed by atoms with Gasteiger partial charge in [0.15, 0.2) is 5.69 Å². The number of aryl methyl sites for hydroxylation is 1. The van der Waals surface area contributed by atoms with E-state index in [1.165, 1.54) is 11.6 Å². The van der Waals surface area contributed by atoms with E-state index in [-0.39, 0.29) is 39.4 Å². The topological polar surface area (TPSA) is 143 Å².